The molecule has 0 amide bonds. The summed E-state index contributed by atoms with van der Waals surface area (Å²) in [6.07, 6.45) is 5.27. The van der Waals surface area contributed by atoms with Gasteiger partial charge in [-0.1, -0.05) is 40.9 Å². The third kappa shape index (κ3) is 3.62. The van der Waals surface area contributed by atoms with E-state index in [0.717, 1.165) is 12.2 Å². The number of benzene rings is 1. The molecule has 112 valence electrons. The topological polar surface area (TPSA) is 55.6 Å². The number of anilines is 2. The Balaban J connectivity index is 1.73. The van der Waals surface area contributed by atoms with Crippen LogP contribution in [0.15, 0.2) is 42.9 Å². The van der Waals surface area contributed by atoms with E-state index in [2.05, 4.69) is 52.4 Å². The standard InChI is InChI=1S/C16H16ClN5/c1-11-5-12(2)7-13(6-11)9-22-10-14(8-19-22)20-16-18-4-3-15(17)21-16/h3-8,10H,9H2,1-2H3,(H,18,20,21). The van der Waals surface area contributed by atoms with Gasteiger partial charge in [-0.15, -0.1) is 0 Å². The average molecular weight is 314 g/mol. The Bertz CT molecular complexity index is 776. The number of aromatic nitrogens is 4. The highest BCUT2D eigenvalue weighted by molar-refractivity contribution is 6.29. The molecular weight excluding hydrogens is 298 g/mol. The first-order chi connectivity index (χ1) is 10.6. The predicted molar refractivity (Wildman–Crippen MR) is 87.6 cm³/mol. The molecule has 0 radical (unpaired) electrons. The quantitative estimate of drug-likeness (QED) is 0.746. The lowest BCUT2D eigenvalue weighted by atomic mass is 10.1. The Morgan fingerprint density at radius 3 is 2.68 bits per heavy atom. The Morgan fingerprint density at radius 1 is 1.18 bits per heavy atom. The summed E-state index contributed by atoms with van der Waals surface area (Å²) in [7, 11) is 0. The molecule has 0 spiro atoms. The fourth-order valence-corrected chi connectivity index (χ4v) is 2.52. The van der Waals surface area contributed by atoms with Crippen molar-refractivity contribution in [2.75, 3.05) is 5.32 Å². The first kappa shape index (κ1) is 14.5. The van der Waals surface area contributed by atoms with Crippen molar-refractivity contribution in [3.63, 3.8) is 0 Å². The van der Waals surface area contributed by atoms with Crippen LogP contribution in [-0.2, 0) is 6.54 Å². The molecule has 3 aromatic rings. The van der Waals surface area contributed by atoms with Crippen molar-refractivity contribution in [3.8, 4) is 0 Å². The number of nitrogens with zero attached hydrogens (tertiary/aromatic N) is 4. The summed E-state index contributed by atoms with van der Waals surface area (Å²) in [5.74, 6) is 0.457. The summed E-state index contributed by atoms with van der Waals surface area (Å²) in [5, 5.41) is 7.84. The largest absolute Gasteiger partial charge is 0.321 e. The second-order valence-electron chi connectivity index (χ2n) is 5.25. The highest BCUT2D eigenvalue weighted by Crippen LogP contribution is 2.15. The van der Waals surface area contributed by atoms with E-state index in [1.54, 1.807) is 18.5 Å². The zero-order valence-corrected chi connectivity index (χ0v) is 13.2. The molecular formula is C16H16ClN5. The van der Waals surface area contributed by atoms with Gasteiger partial charge in [-0.3, -0.25) is 4.68 Å². The van der Waals surface area contributed by atoms with Gasteiger partial charge < -0.3 is 5.32 Å². The Kier molecular flexibility index (Phi) is 4.06. The lowest BCUT2D eigenvalue weighted by Gasteiger charge is -2.05. The second kappa shape index (κ2) is 6.15. The van der Waals surface area contributed by atoms with E-state index >= 15 is 0 Å². The fourth-order valence-electron chi connectivity index (χ4n) is 2.39. The molecule has 0 fully saturated rings. The molecule has 0 saturated heterocycles. The van der Waals surface area contributed by atoms with Gasteiger partial charge in [-0.2, -0.15) is 5.10 Å². The zero-order valence-electron chi connectivity index (χ0n) is 12.4. The molecule has 2 heterocycles. The van der Waals surface area contributed by atoms with E-state index < -0.39 is 0 Å². The summed E-state index contributed by atoms with van der Waals surface area (Å²) >= 11 is 5.84. The molecule has 0 atom stereocenters. The van der Waals surface area contributed by atoms with Crippen LogP contribution in [0.2, 0.25) is 5.15 Å². The van der Waals surface area contributed by atoms with E-state index in [1.165, 1.54) is 16.7 Å². The molecule has 1 aromatic carbocycles. The van der Waals surface area contributed by atoms with E-state index in [4.69, 9.17) is 11.6 Å². The van der Waals surface area contributed by atoms with Crippen LogP contribution < -0.4 is 5.32 Å². The van der Waals surface area contributed by atoms with Gasteiger partial charge in [0.1, 0.15) is 5.15 Å². The number of hydrogen-bond donors (Lipinski definition) is 1. The zero-order chi connectivity index (χ0) is 15.5. The minimum absolute atomic E-state index is 0.403. The number of nitrogens with one attached hydrogen (secondary N) is 1. The van der Waals surface area contributed by atoms with Gasteiger partial charge in [0.05, 0.1) is 18.4 Å². The van der Waals surface area contributed by atoms with Gasteiger partial charge in [-0.05, 0) is 25.5 Å². The van der Waals surface area contributed by atoms with Gasteiger partial charge in [0, 0.05) is 12.4 Å². The van der Waals surface area contributed by atoms with E-state index in [1.807, 2.05) is 10.9 Å². The molecule has 1 N–H and O–H groups in total. The molecule has 0 unspecified atom stereocenters. The molecule has 0 saturated carbocycles. The summed E-state index contributed by atoms with van der Waals surface area (Å²) in [4.78, 5) is 8.20. The average Bonchev–Trinajstić information content (AvgIpc) is 2.84. The van der Waals surface area contributed by atoms with Crippen LogP contribution in [0.25, 0.3) is 0 Å². The number of halogens is 1. The molecule has 5 nitrogen and oxygen atoms in total. The molecule has 0 aliphatic heterocycles. The number of hydrogen-bond acceptors (Lipinski definition) is 4. The van der Waals surface area contributed by atoms with Crippen LogP contribution in [0, 0.1) is 13.8 Å². The summed E-state index contributed by atoms with van der Waals surface area (Å²) in [6.45, 7) is 4.92. The molecule has 22 heavy (non-hydrogen) atoms. The Hall–Kier alpha value is -2.40. The van der Waals surface area contributed by atoms with E-state index in [0.29, 0.717) is 11.1 Å². The maximum atomic E-state index is 5.84. The second-order valence-corrected chi connectivity index (χ2v) is 5.64. The van der Waals surface area contributed by atoms with Crippen molar-refractivity contribution in [1.29, 1.82) is 0 Å². The van der Waals surface area contributed by atoms with Crippen molar-refractivity contribution in [2.24, 2.45) is 0 Å². The molecule has 3 rings (SSSR count). The fraction of sp³-hybridized carbons (Fsp3) is 0.188. The van der Waals surface area contributed by atoms with Gasteiger partial charge in [0.15, 0.2) is 0 Å². The maximum Gasteiger partial charge on any atom is 0.228 e. The SMILES string of the molecule is Cc1cc(C)cc(Cn2cc(Nc3nccc(Cl)n3)cn2)c1. The third-order valence-corrected chi connectivity index (χ3v) is 3.35. The number of rotatable bonds is 4. The van der Waals surface area contributed by atoms with Crippen LogP contribution in [0.5, 0.6) is 0 Å². The Morgan fingerprint density at radius 2 is 1.95 bits per heavy atom. The summed E-state index contributed by atoms with van der Waals surface area (Å²) in [6, 6.07) is 8.13. The van der Waals surface area contributed by atoms with E-state index in [-0.39, 0.29) is 0 Å². The minimum atomic E-state index is 0.403. The van der Waals surface area contributed by atoms with E-state index in [9.17, 15) is 0 Å². The van der Waals surface area contributed by atoms with Crippen LogP contribution >= 0.6 is 11.6 Å². The first-order valence-electron chi connectivity index (χ1n) is 6.94. The van der Waals surface area contributed by atoms with Crippen LogP contribution in [-0.4, -0.2) is 19.7 Å². The summed E-state index contributed by atoms with van der Waals surface area (Å²) in [5.41, 5.74) is 4.57. The smallest absolute Gasteiger partial charge is 0.228 e. The van der Waals surface area contributed by atoms with Gasteiger partial charge >= 0.3 is 0 Å². The van der Waals surface area contributed by atoms with Crippen LogP contribution in [0.1, 0.15) is 16.7 Å². The molecule has 0 aliphatic rings. The maximum absolute atomic E-state index is 5.84. The van der Waals surface area contributed by atoms with Crippen LogP contribution in [0.3, 0.4) is 0 Å². The van der Waals surface area contributed by atoms with Gasteiger partial charge in [-0.25, -0.2) is 9.97 Å². The lowest BCUT2D eigenvalue weighted by Crippen LogP contribution is -2.01. The van der Waals surface area contributed by atoms with Gasteiger partial charge in [0.2, 0.25) is 5.95 Å². The highest BCUT2D eigenvalue weighted by Gasteiger charge is 2.03. The van der Waals surface area contributed by atoms with Crippen molar-refractivity contribution in [3.05, 3.63) is 64.7 Å². The monoisotopic (exact) mass is 313 g/mol. The van der Waals surface area contributed by atoms with Gasteiger partial charge in [0.25, 0.3) is 0 Å². The molecule has 6 heteroatoms. The van der Waals surface area contributed by atoms with Crippen molar-refractivity contribution < 1.29 is 0 Å². The summed E-state index contributed by atoms with van der Waals surface area (Å²) < 4.78 is 1.88. The first-order valence-corrected chi connectivity index (χ1v) is 7.31. The molecule has 0 aliphatic carbocycles. The Labute approximate surface area is 134 Å². The highest BCUT2D eigenvalue weighted by atomic mass is 35.5. The predicted octanol–water partition coefficient (Wildman–Crippen LogP) is 3.74. The number of aryl methyl sites for hydroxylation is 2. The molecule has 2 aromatic heterocycles. The van der Waals surface area contributed by atoms with Crippen LogP contribution in [0.4, 0.5) is 11.6 Å². The van der Waals surface area contributed by atoms with Crippen molar-refractivity contribution in [2.45, 2.75) is 20.4 Å². The normalized spacial score (nSPS) is 10.7. The molecule has 0 bridgehead atoms. The van der Waals surface area contributed by atoms with Crippen molar-refractivity contribution >= 4 is 23.2 Å². The van der Waals surface area contributed by atoms with Crippen molar-refractivity contribution in [1.82, 2.24) is 19.7 Å². The lowest BCUT2D eigenvalue weighted by molar-refractivity contribution is 0.686. The minimum Gasteiger partial charge on any atom is -0.321 e. The third-order valence-electron chi connectivity index (χ3n) is 3.14.